The van der Waals surface area contributed by atoms with Crippen molar-refractivity contribution in [1.29, 1.82) is 0 Å². The predicted molar refractivity (Wildman–Crippen MR) is 73.0 cm³/mol. The lowest BCUT2D eigenvalue weighted by molar-refractivity contribution is 0.524. The Labute approximate surface area is 116 Å². The minimum absolute atomic E-state index is 0.288. The van der Waals surface area contributed by atoms with E-state index in [1.165, 1.54) is 12.1 Å². The summed E-state index contributed by atoms with van der Waals surface area (Å²) in [5.41, 5.74) is 1.54. The van der Waals surface area contributed by atoms with Crippen LogP contribution in [0.4, 0.5) is 13.2 Å². The fourth-order valence-corrected chi connectivity index (χ4v) is 2.27. The summed E-state index contributed by atoms with van der Waals surface area (Å²) in [4.78, 5) is 0. The Morgan fingerprint density at radius 1 is 1.05 bits per heavy atom. The molecule has 0 heterocycles. The molecule has 1 unspecified atom stereocenters. The van der Waals surface area contributed by atoms with Gasteiger partial charge >= 0.3 is 0 Å². The molecule has 0 spiro atoms. The van der Waals surface area contributed by atoms with Gasteiger partial charge in [0.1, 0.15) is 17.5 Å². The molecule has 20 heavy (non-hydrogen) atoms. The molecule has 0 saturated heterocycles. The van der Waals surface area contributed by atoms with Crippen LogP contribution >= 0.6 is 0 Å². The smallest absolute Gasteiger partial charge is 0.130 e. The van der Waals surface area contributed by atoms with E-state index >= 15 is 0 Å². The highest BCUT2D eigenvalue weighted by molar-refractivity contribution is 5.29. The fourth-order valence-electron chi connectivity index (χ4n) is 2.27. The topological polar surface area (TPSA) is 12.0 Å². The van der Waals surface area contributed by atoms with E-state index in [1.54, 1.807) is 32.2 Å². The van der Waals surface area contributed by atoms with Crippen LogP contribution in [0.2, 0.25) is 0 Å². The number of benzene rings is 2. The first-order chi connectivity index (χ1) is 9.51. The molecule has 0 saturated carbocycles. The molecule has 0 aliphatic carbocycles. The number of hydrogen-bond acceptors (Lipinski definition) is 1. The van der Waals surface area contributed by atoms with Gasteiger partial charge in [-0.2, -0.15) is 0 Å². The SMILES string of the molecule is CNC(Cc1cc(F)cc(F)c1)c1cccc(C)c1F. The van der Waals surface area contributed by atoms with E-state index in [0.29, 0.717) is 23.1 Å². The number of likely N-dealkylation sites (N-methyl/N-ethyl adjacent to an activating group) is 1. The van der Waals surface area contributed by atoms with Crippen molar-refractivity contribution in [1.82, 2.24) is 5.32 Å². The minimum Gasteiger partial charge on any atom is -0.313 e. The third kappa shape index (κ3) is 3.20. The molecular formula is C16H16F3N. The maximum atomic E-state index is 14.1. The summed E-state index contributed by atoms with van der Waals surface area (Å²) in [7, 11) is 1.70. The monoisotopic (exact) mass is 279 g/mol. The molecule has 1 N–H and O–H groups in total. The van der Waals surface area contributed by atoms with E-state index in [4.69, 9.17) is 0 Å². The lowest BCUT2D eigenvalue weighted by Crippen LogP contribution is -2.20. The van der Waals surface area contributed by atoms with Crippen molar-refractivity contribution in [3.05, 3.63) is 70.5 Å². The van der Waals surface area contributed by atoms with E-state index in [0.717, 1.165) is 6.07 Å². The minimum atomic E-state index is -0.625. The Morgan fingerprint density at radius 2 is 1.70 bits per heavy atom. The van der Waals surface area contributed by atoms with E-state index in [-0.39, 0.29) is 11.9 Å². The summed E-state index contributed by atoms with van der Waals surface area (Å²) >= 11 is 0. The molecule has 106 valence electrons. The van der Waals surface area contributed by atoms with Gasteiger partial charge in [0.15, 0.2) is 0 Å². The average molecular weight is 279 g/mol. The third-order valence-corrected chi connectivity index (χ3v) is 3.31. The van der Waals surface area contributed by atoms with Crippen LogP contribution in [0.1, 0.15) is 22.7 Å². The fraction of sp³-hybridized carbons (Fsp3) is 0.250. The zero-order chi connectivity index (χ0) is 14.7. The Bertz CT molecular complexity index is 590. The summed E-state index contributed by atoms with van der Waals surface area (Å²) in [6.45, 7) is 1.69. The van der Waals surface area contributed by atoms with Gasteiger partial charge in [-0.1, -0.05) is 18.2 Å². The lowest BCUT2D eigenvalue weighted by atomic mass is 9.97. The van der Waals surface area contributed by atoms with Crippen molar-refractivity contribution >= 4 is 0 Å². The summed E-state index contributed by atoms with van der Waals surface area (Å²) in [5, 5.41) is 2.99. The van der Waals surface area contributed by atoms with E-state index < -0.39 is 11.6 Å². The lowest BCUT2D eigenvalue weighted by Gasteiger charge is -2.18. The molecule has 2 aromatic rings. The van der Waals surface area contributed by atoms with Crippen LogP contribution in [0.3, 0.4) is 0 Å². The van der Waals surface area contributed by atoms with Gasteiger partial charge < -0.3 is 5.32 Å². The van der Waals surface area contributed by atoms with E-state index in [1.807, 2.05) is 0 Å². The van der Waals surface area contributed by atoms with Crippen LogP contribution in [0.5, 0.6) is 0 Å². The molecule has 0 bridgehead atoms. The zero-order valence-electron chi connectivity index (χ0n) is 11.4. The van der Waals surface area contributed by atoms with Crippen molar-refractivity contribution in [3.8, 4) is 0 Å². The van der Waals surface area contributed by atoms with Crippen molar-refractivity contribution in [3.63, 3.8) is 0 Å². The summed E-state index contributed by atoms with van der Waals surface area (Å²) in [6, 6.07) is 8.15. The number of halogens is 3. The Hall–Kier alpha value is -1.81. The molecule has 0 aromatic heterocycles. The van der Waals surface area contributed by atoms with Gasteiger partial charge in [0.2, 0.25) is 0 Å². The van der Waals surface area contributed by atoms with Gasteiger partial charge in [0.05, 0.1) is 0 Å². The summed E-state index contributed by atoms with van der Waals surface area (Å²) in [5.74, 6) is -1.54. The second kappa shape index (κ2) is 6.09. The molecule has 0 amide bonds. The molecule has 0 radical (unpaired) electrons. The molecule has 2 rings (SSSR count). The molecule has 1 atom stereocenters. The van der Waals surface area contributed by atoms with E-state index in [2.05, 4.69) is 5.32 Å². The summed E-state index contributed by atoms with van der Waals surface area (Å²) in [6.07, 6.45) is 0.311. The second-order valence-corrected chi connectivity index (χ2v) is 4.80. The first kappa shape index (κ1) is 14.6. The Balaban J connectivity index is 2.31. The Kier molecular flexibility index (Phi) is 4.45. The number of nitrogens with one attached hydrogen (secondary N) is 1. The molecule has 2 aromatic carbocycles. The van der Waals surface area contributed by atoms with Crippen LogP contribution in [-0.2, 0) is 6.42 Å². The molecule has 0 aliphatic heterocycles. The van der Waals surface area contributed by atoms with Crippen LogP contribution in [-0.4, -0.2) is 7.05 Å². The quantitative estimate of drug-likeness (QED) is 0.894. The summed E-state index contributed by atoms with van der Waals surface area (Å²) < 4.78 is 40.5. The van der Waals surface area contributed by atoms with Gasteiger partial charge in [-0.05, 0) is 43.7 Å². The zero-order valence-corrected chi connectivity index (χ0v) is 11.4. The second-order valence-electron chi connectivity index (χ2n) is 4.80. The van der Waals surface area contributed by atoms with Gasteiger partial charge in [0, 0.05) is 17.7 Å². The standard InChI is InChI=1S/C16H16F3N/c1-10-4-3-5-14(16(10)19)15(20-2)8-11-6-12(17)9-13(18)7-11/h3-7,9,15,20H,8H2,1-2H3. The van der Waals surface area contributed by atoms with Gasteiger partial charge in [0.25, 0.3) is 0 Å². The highest BCUT2D eigenvalue weighted by Crippen LogP contribution is 2.23. The maximum Gasteiger partial charge on any atom is 0.130 e. The van der Waals surface area contributed by atoms with Crippen molar-refractivity contribution in [2.24, 2.45) is 0 Å². The molecule has 1 nitrogen and oxygen atoms in total. The van der Waals surface area contributed by atoms with Crippen LogP contribution in [0.15, 0.2) is 36.4 Å². The Morgan fingerprint density at radius 3 is 2.30 bits per heavy atom. The van der Waals surface area contributed by atoms with Gasteiger partial charge in [-0.25, -0.2) is 13.2 Å². The average Bonchev–Trinajstić information content (AvgIpc) is 2.38. The van der Waals surface area contributed by atoms with Gasteiger partial charge in [-0.3, -0.25) is 0 Å². The van der Waals surface area contributed by atoms with Crippen molar-refractivity contribution in [2.45, 2.75) is 19.4 Å². The highest BCUT2D eigenvalue weighted by atomic mass is 19.1. The molecule has 0 aliphatic rings. The van der Waals surface area contributed by atoms with Crippen LogP contribution < -0.4 is 5.32 Å². The van der Waals surface area contributed by atoms with Gasteiger partial charge in [-0.15, -0.1) is 0 Å². The van der Waals surface area contributed by atoms with E-state index in [9.17, 15) is 13.2 Å². The van der Waals surface area contributed by atoms with Crippen molar-refractivity contribution in [2.75, 3.05) is 7.05 Å². The number of rotatable bonds is 4. The number of aryl methyl sites for hydroxylation is 1. The van der Waals surface area contributed by atoms with Crippen molar-refractivity contribution < 1.29 is 13.2 Å². The van der Waals surface area contributed by atoms with Crippen LogP contribution in [0, 0.1) is 24.4 Å². The molecule has 0 fully saturated rings. The normalized spacial score (nSPS) is 12.4. The maximum absolute atomic E-state index is 14.1. The largest absolute Gasteiger partial charge is 0.313 e. The molecule has 4 heteroatoms. The highest BCUT2D eigenvalue weighted by Gasteiger charge is 2.16. The van der Waals surface area contributed by atoms with Crippen LogP contribution in [0.25, 0.3) is 0 Å². The predicted octanol–water partition coefficient (Wildman–Crippen LogP) is 3.92. The first-order valence-electron chi connectivity index (χ1n) is 6.38. The third-order valence-electron chi connectivity index (χ3n) is 3.31. The first-order valence-corrected chi connectivity index (χ1v) is 6.38. The molecular weight excluding hydrogens is 263 g/mol. The number of hydrogen-bond donors (Lipinski definition) is 1.